The lowest BCUT2D eigenvalue weighted by atomic mass is 10.2. The van der Waals surface area contributed by atoms with Crippen molar-refractivity contribution in [3.8, 4) is 17.8 Å². The SMILES string of the molecule is CCOc1nc(Cl)nc(Oc2ccc(Br)cc2C)n1. The van der Waals surface area contributed by atoms with E-state index in [0.717, 1.165) is 10.0 Å². The minimum absolute atomic E-state index is 0.0308. The van der Waals surface area contributed by atoms with E-state index in [9.17, 15) is 0 Å². The first-order valence-electron chi connectivity index (χ1n) is 5.57. The van der Waals surface area contributed by atoms with Gasteiger partial charge in [0, 0.05) is 4.47 Å². The Hall–Kier alpha value is -1.40. The number of aryl methyl sites for hydroxylation is 1. The predicted molar refractivity (Wildman–Crippen MR) is 75.0 cm³/mol. The van der Waals surface area contributed by atoms with Gasteiger partial charge in [0.25, 0.3) is 0 Å². The molecule has 0 aliphatic rings. The molecule has 7 heteroatoms. The monoisotopic (exact) mass is 343 g/mol. The fourth-order valence-corrected chi connectivity index (χ4v) is 2.00. The van der Waals surface area contributed by atoms with Gasteiger partial charge in [0.15, 0.2) is 0 Å². The van der Waals surface area contributed by atoms with E-state index in [1.807, 2.05) is 32.0 Å². The van der Waals surface area contributed by atoms with E-state index in [2.05, 4.69) is 30.9 Å². The summed E-state index contributed by atoms with van der Waals surface area (Å²) < 4.78 is 11.7. The summed E-state index contributed by atoms with van der Waals surface area (Å²) in [7, 11) is 0. The molecule has 1 aromatic carbocycles. The van der Waals surface area contributed by atoms with Crippen LogP contribution in [0.4, 0.5) is 0 Å². The highest BCUT2D eigenvalue weighted by Crippen LogP contribution is 2.26. The minimum atomic E-state index is 0.0308. The molecule has 0 amide bonds. The van der Waals surface area contributed by atoms with Crippen LogP contribution >= 0.6 is 27.5 Å². The van der Waals surface area contributed by atoms with Crippen molar-refractivity contribution in [2.45, 2.75) is 13.8 Å². The molecule has 1 heterocycles. The average Bonchev–Trinajstić information content (AvgIpc) is 2.32. The molecule has 0 saturated heterocycles. The van der Waals surface area contributed by atoms with Crippen LogP contribution in [0.5, 0.6) is 17.8 Å². The Morgan fingerprint density at radius 1 is 1.21 bits per heavy atom. The van der Waals surface area contributed by atoms with Gasteiger partial charge in [-0.3, -0.25) is 0 Å². The molecule has 0 bridgehead atoms. The Balaban J connectivity index is 2.27. The lowest BCUT2D eigenvalue weighted by Crippen LogP contribution is -2.02. The Kier molecular flexibility index (Phi) is 4.55. The molecule has 0 fully saturated rings. The molecule has 0 aliphatic carbocycles. The number of nitrogens with zero attached hydrogens (tertiary/aromatic N) is 3. The van der Waals surface area contributed by atoms with Gasteiger partial charge >= 0.3 is 12.0 Å². The molecule has 100 valence electrons. The van der Waals surface area contributed by atoms with Crippen LogP contribution in [-0.4, -0.2) is 21.6 Å². The van der Waals surface area contributed by atoms with Gasteiger partial charge in [-0.15, -0.1) is 4.98 Å². The van der Waals surface area contributed by atoms with Crippen LogP contribution in [0.1, 0.15) is 12.5 Å². The molecule has 0 radical (unpaired) electrons. The number of hydrogen-bond donors (Lipinski definition) is 0. The summed E-state index contributed by atoms with van der Waals surface area (Å²) in [5.41, 5.74) is 0.948. The number of rotatable bonds is 4. The summed E-state index contributed by atoms with van der Waals surface area (Å²) in [6.07, 6.45) is 0. The van der Waals surface area contributed by atoms with E-state index >= 15 is 0 Å². The highest BCUT2D eigenvalue weighted by Gasteiger charge is 2.09. The normalized spacial score (nSPS) is 10.3. The molecule has 5 nitrogen and oxygen atoms in total. The van der Waals surface area contributed by atoms with Crippen molar-refractivity contribution >= 4 is 27.5 Å². The van der Waals surface area contributed by atoms with Crippen molar-refractivity contribution < 1.29 is 9.47 Å². The first-order chi connectivity index (χ1) is 9.08. The van der Waals surface area contributed by atoms with E-state index in [1.165, 1.54) is 0 Å². The Morgan fingerprint density at radius 2 is 1.95 bits per heavy atom. The highest BCUT2D eigenvalue weighted by atomic mass is 79.9. The average molecular weight is 345 g/mol. The Morgan fingerprint density at radius 3 is 2.63 bits per heavy atom. The number of hydrogen-bond acceptors (Lipinski definition) is 5. The third-order valence-electron chi connectivity index (χ3n) is 2.18. The molecule has 0 spiro atoms. The molecule has 0 aliphatic heterocycles. The summed E-state index contributed by atoms with van der Waals surface area (Å²) in [4.78, 5) is 11.8. The molecule has 0 atom stereocenters. The first-order valence-corrected chi connectivity index (χ1v) is 6.74. The second kappa shape index (κ2) is 6.16. The van der Waals surface area contributed by atoms with Gasteiger partial charge in [0.2, 0.25) is 5.28 Å². The Bertz CT molecular complexity index is 595. The van der Waals surface area contributed by atoms with Crippen LogP contribution in [0, 0.1) is 6.92 Å². The molecule has 0 saturated carbocycles. The zero-order valence-electron chi connectivity index (χ0n) is 10.4. The van der Waals surface area contributed by atoms with Crippen molar-refractivity contribution in [3.05, 3.63) is 33.5 Å². The minimum Gasteiger partial charge on any atom is -0.464 e. The molecular weight excluding hydrogens is 334 g/mol. The van der Waals surface area contributed by atoms with Crippen molar-refractivity contribution in [1.29, 1.82) is 0 Å². The van der Waals surface area contributed by atoms with Crippen LogP contribution in [0.15, 0.2) is 22.7 Å². The van der Waals surface area contributed by atoms with Crippen LogP contribution < -0.4 is 9.47 Å². The quantitative estimate of drug-likeness (QED) is 0.844. The van der Waals surface area contributed by atoms with E-state index in [1.54, 1.807) is 0 Å². The molecular formula is C12H11BrClN3O2. The fourth-order valence-electron chi connectivity index (χ4n) is 1.38. The van der Waals surface area contributed by atoms with Gasteiger partial charge in [-0.05, 0) is 49.2 Å². The van der Waals surface area contributed by atoms with Gasteiger partial charge in [-0.25, -0.2) is 0 Å². The smallest absolute Gasteiger partial charge is 0.329 e. The van der Waals surface area contributed by atoms with Crippen molar-refractivity contribution in [2.75, 3.05) is 6.61 Å². The van der Waals surface area contributed by atoms with Crippen molar-refractivity contribution in [1.82, 2.24) is 15.0 Å². The zero-order valence-corrected chi connectivity index (χ0v) is 12.7. The number of halogens is 2. The third-order valence-corrected chi connectivity index (χ3v) is 2.84. The van der Waals surface area contributed by atoms with Gasteiger partial charge in [-0.2, -0.15) is 9.97 Å². The topological polar surface area (TPSA) is 57.1 Å². The lowest BCUT2D eigenvalue weighted by Gasteiger charge is -2.08. The molecule has 2 rings (SSSR count). The summed E-state index contributed by atoms with van der Waals surface area (Å²) >= 11 is 9.17. The molecule has 2 aromatic rings. The van der Waals surface area contributed by atoms with Crippen molar-refractivity contribution in [3.63, 3.8) is 0 Å². The zero-order chi connectivity index (χ0) is 13.8. The Labute approximate surface area is 124 Å². The molecule has 1 aromatic heterocycles. The summed E-state index contributed by atoms with van der Waals surface area (Å²) in [5.74, 6) is 0.646. The summed E-state index contributed by atoms with van der Waals surface area (Å²) in [5, 5.41) is 0.0308. The highest BCUT2D eigenvalue weighted by molar-refractivity contribution is 9.10. The fraction of sp³-hybridized carbons (Fsp3) is 0.250. The number of ether oxygens (including phenoxy) is 2. The van der Waals surface area contributed by atoms with Gasteiger partial charge < -0.3 is 9.47 Å². The second-order valence-corrected chi connectivity index (χ2v) is 4.87. The number of aromatic nitrogens is 3. The van der Waals surface area contributed by atoms with Crippen LogP contribution in [0.2, 0.25) is 5.28 Å². The van der Waals surface area contributed by atoms with E-state index in [4.69, 9.17) is 21.1 Å². The largest absolute Gasteiger partial charge is 0.464 e. The van der Waals surface area contributed by atoms with Gasteiger partial charge in [0.05, 0.1) is 6.61 Å². The molecule has 19 heavy (non-hydrogen) atoms. The van der Waals surface area contributed by atoms with Gasteiger partial charge in [0.1, 0.15) is 5.75 Å². The summed E-state index contributed by atoms with van der Waals surface area (Å²) in [6, 6.07) is 5.87. The molecule has 0 unspecified atom stereocenters. The van der Waals surface area contributed by atoms with Crippen LogP contribution in [0.3, 0.4) is 0 Å². The summed E-state index contributed by atoms with van der Waals surface area (Å²) in [6.45, 7) is 4.19. The van der Waals surface area contributed by atoms with Crippen LogP contribution in [0.25, 0.3) is 0 Å². The van der Waals surface area contributed by atoms with E-state index in [-0.39, 0.29) is 17.3 Å². The third kappa shape index (κ3) is 3.78. The maximum atomic E-state index is 5.79. The number of benzene rings is 1. The van der Waals surface area contributed by atoms with E-state index in [0.29, 0.717) is 12.4 Å². The molecule has 0 N–H and O–H groups in total. The first kappa shape index (κ1) is 14.0. The van der Waals surface area contributed by atoms with E-state index < -0.39 is 0 Å². The standard InChI is InChI=1S/C12H11BrClN3O2/c1-3-18-11-15-10(14)16-12(17-11)19-9-5-4-8(13)6-7(9)2/h4-6H,3H2,1-2H3. The van der Waals surface area contributed by atoms with Gasteiger partial charge in [-0.1, -0.05) is 15.9 Å². The maximum Gasteiger partial charge on any atom is 0.329 e. The van der Waals surface area contributed by atoms with Crippen LogP contribution in [-0.2, 0) is 0 Å². The predicted octanol–water partition coefficient (Wildman–Crippen LogP) is 3.79. The van der Waals surface area contributed by atoms with Crippen molar-refractivity contribution in [2.24, 2.45) is 0 Å². The maximum absolute atomic E-state index is 5.79. The second-order valence-electron chi connectivity index (χ2n) is 3.61. The lowest BCUT2D eigenvalue weighted by molar-refractivity contribution is 0.303.